The van der Waals surface area contributed by atoms with Crippen molar-refractivity contribution in [2.75, 3.05) is 26.3 Å². The summed E-state index contributed by atoms with van der Waals surface area (Å²) in [6, 6.07) is 0. The molecule has 0 saturated carbocycles. The number of nitrogens with zero attached hydrogens (tertiary/aromatic N) is 1. The summed E-state index contributed by atoms with van der Waals surface area (Å²) in [6.45, 7) is -4.09. The van der Waals surface area contributed by atoms with E-state index < -0.39 is 49.8 Å². The molecule has 0 aliphatic heterocycles. The molecule has 0 aliphatic rings. The average Bonchev–Trinajstić information content (AvgIpc) is 2.17. The fourth-order valence-electron chi connectivity index (χ4n) is 1.21. The van der Waals surface area contributed by atoms with Gasteiger partial charge in [0.25, 0.3) is 0 Å². The summed E-state index contributed by atoms with van der Waals surface area (Å²) in [5.41, 5.74) is -2.34. The first kappa shape index (κ1) is 15.3. The van der Waals surface area contributed by atoms with Gasteiger partial charge in [0.15, 0.2) is 5.54 Å². The molecule has 0 aromatic heterocycles. The van der Waals surface area contributed by atoms with Crippen molar-refractivity contribution in [2.45, 2.75) is 5.54 Å². The fourth-order valence-corrected chi connectivity index (χ4v) is 1.21. The molecular formula is C8H13NO8. The van der Waals surface area contributed by atoms with Crippen LogP contribution in [0.25, 0.3) is 0 Å². The minimum Gasteiger partial charge on any atom is -0.480 e. The molecule has 17 heavy (non-hydrogen) atoms. The summed E-state index contributed by atoms with van der Waals surface area (Å²) in [6.07, 6.45) is 0. The van der Waals surface area contributed by atoms with Crippen molar-refractivity contribution < 1.29 is 39.9 Å². The van der Waals surface area contributed by atoms with Gasteiger partial charge in [-0.25, -0.2) is 0 Å². The van der Waals surface area contributed by atoms with E-state index in [9.17, 15) is 14.4 Å². The zero-order valence-electron chi connectivity index (χ0n) is 8.74. The highest BCUT2D eigenvalue weighted by Gasteiger charge is 2.45. The molecule has 0 rings (SSSR count). The summed E-state index contributed by atoms with van der Waals surface area (Å²) in [5.74, 6) is -4.65. The predicted molar refractivity (Wildman–Crippen MR) is 51.4 cm³/mol. The normalized spacial score (nSPS) is 11.5. The molecule has 0 fully saturated rings. The van der Waals surface area contributed by atoms with Crippen molar-refractivity contribution in [2.24, 2.45) is 0 Å². The van der Waals surface area contributed by atoms with Crippen LogP contribution in [0.3, 0.4) is 0 Å². The van der Waals surface area contributed by atoms with E-state index in [0.717, 1.165) is 0 Å². The second-order valence-corrected chi connectivity index (χ2v) is 3.30. The van der Waals surface area contributed by atoms with E-state index in [4.69, 9.17) is 25.5 Å². The van der Waals surface area contributed by atoms with E-state index in [0.29, 0.717) is 4.90 Å². The number of hydrogen-bond donors (Lipinski definition) is 5. The van der Waals surface area contributed by atoms with Gasteiger partial charge in [0.05, 0.1) is 26.3 Å². The first-order valence-electron chi connectivity index (χ1n) is 4.44. The molecule has 9 heteroatoms. The standard InChI is InChI=1S/C8H13NO8/c10-3-8(4-11,7(16)17)9(1-5(12)13)2-6(14)15/h10-11H,1-4H2,(H,12,13)(H,14,15)(H,16,17). The molecular weight excluding hydrogens is 238 g/mol. The molecule has 0 aromatic rings. The topological polar surface area (TPSA) is 156 Å². The van der Waals surface area contributed by atoms with Gasteiger partial charge in [-0.15, -0.1) is 0 Å². The predicted octanol–water partition coefficient (Wildman–Crippen LogP) is -2.73. The number of carbonyl (C=O) groups is 3. The number of carboxylic acids is 3. The first-order valence-corrected chi connectivity index (χ1v) is 4.44. The van der Waals surface area contributed by atoms with Crippen LogP contribution in [0.4, 0.5) is 0 Å². The van der Waals surface area contributed by atoms with E-state index in [2.05, 4.69) is 0 Å². The van der Waals surface area contributed by atoms with Crippen LogP contribution < -0.4 is 0 Å². The second-order valence-electron chi connectivity index (χ2n) is 3.30. The minimum absolute atomic E-state index is 0.472. The molecule has 5 N–H and O–H groups in total. The van der Waals surface area contributed by atoms with Crippen LogP contribution in [-0.2, 0) is 14.4 Å². The number of aliphatic hydroxyl groups is 2. The van der Waals surface area contributed by atoms with E-state index in [-0.39, 0.29) is 0 Å². The van der Waals surface area contributed by atoms with Crippen molar-refractivity contribution in [1.82, 2.24) is 4.90 Å². The monoisotopic (exact) mass is 251 g/mol. The van der Waals surface area contributed by atoms with Crippen molar-refractivity contribution in [3.05, 3.63) is 0 Å². The second kappa shape index (κ2) is 6.13. The van der Waals surface area contributed by atoms with Gasteiger partial charge in [-0.3, -0.25) is 19.3 Å². The number of aliphatic carboxylic acids is 3. The third-order valence-corrected chi connectivity index (χ3v) is 2.18. The van der Waals surface area contributed by atoms with Crippen LogP contribution in [-0.4, -0.2) is 80.2 Å². The molecule has 9 nitrogen and oxygen atoms in total. The molecule has 0 radical (unpaired) electrons. The van der Waals surface area contributed by atoms with E-state index in [1.807, 2.05) is 0 Å². The SMILES string of the molecule is O=C(O)CN(CC(=O)O)C(CO)(CO)C(=O)O. The van der Waals surface area contributed by atoms with Crippen LogP contribution in [0.5, 0.6) is 0 Å². The van der Waals surface area contributed by atoms with Gasteiger partial charge in [-0.1, -0.05) is 0 Å². The molecule has 0 aromatic carbocycles. The van der Waals surface area contributed by atoms with Gasteiger partial charge < -0.3 is 25.5 Å². The molecule has 0 heterocycles. The Labute approximate surface area is 95.5 Å². The summed E-state index contributed by atoms with van der Waals surface area (Å²) in [7, 11) is 0. The number of carboxylic acid groups (broad SMARTS) is 3. The molecule has 0 atom stereocenters. The van der Waals surface area contributed by atoms with Crippen molar-refractivity contribution in [1.29, 1.82) is 0 Å². The van der Waals surface area contributed by atoms with Crippen LogP contribution >= 0.6 is 0 Å². The molecule has 0 amide bonds. The quantitative estimate of drug-likeness (QED) is 0.309. The third kappa shape index (κ3) is 3.66. The van der Waals surface area contributed by atoms with Crippen LogP contribution in [0.1, 0.15) is 0 Å². The maximum absolute atomic E-state index is 10.9. The van der Waals surface area contributed by atoms with Crippen LogP contribution in [0.2, 0.25) is 0 Å². The Morgan fingerprint density at radius 2 is 1.24 bits per heavy atom. The van der Waals surface area contributed by atoms with Crippen molar-refractivity contribution >= 4 is 17.9 Å². The summed E-state index contributed by atoms with van der Waals surface area (Å²) >= 11 is 0. The lowest BCUT2D eigenvalue weighted by Gasteiger charge is -2.35. The fraction of sp³-hybridized carbons (Fsp3) is 0.625. The lowest BCUT2D eigenvalue weighted by Crippen LogP contribution is -2.62. The highest BCUT2D eigenvalue weighted by molar-refractivity contribution is 5.82. The zero-order valence-corrected chi connectivity index (χ0v) is 8.74. The van der Waals surface area contributed by atoms with Gasteiger partial charge >= 0.3 is 17.9 Å². The summed E-state index contributed by atoms with van der Waals surface area (Å²) in [4.78, 5) is 32.4. The average molecular weight is 251 g/mol. The van der Waals surface area contributed by atoms with Crippen molar-refractivity contribution in [3.63, 3.8) is 0 Å². The Bertz CT molecular complexity index is 295. The first-order chi connectivity index (χ1) is 7.80. The molecule has 0 spiro atoms. The molecule has 0 bridgehead atoms. The number of rotatable bonds is 8. The molecule has 0 saturated heterocycles. The Balaban J connectivity index is 5.26. The van der Waals surface area contributed by atoms with Crippen LogP contribution in [0, 0.1) is 0 Å². The lowest BCUT2D eigenvalue weighted by molar-refractivity contribution is -0.163. The Hall–Kier alpha value is -1.71. The zero-order chi connectivity index (χ0) is 13.6. The maximum atomic E-state index is 10.9. The van der Waals surface area contributed by atoms with Gasteiger partial charge in [0.1, 0.15) is 0 Å². The van der Waals surface area contributed by atoms with Gasteiger partial charge in [-0.05, 0) is 0 Å². The number of hydrogen-bond acceptors (Lipinski definition) is 6. The largest absolute Gasteiger partial charge is 0.480 e. The third-order valence-electron chi connectivity index (χ3n) is 2.18. The molecule has 98 valence electrons. The summed E-state index contributed by atoms with van der Waals surface area (Å²) in [5, 5.41) is 43.9. The van der Waals surface area contributed by atoms with Gasteiger partial charge in [0, 0.05) is 0 Å². The highest BCUT2D eigenvalue weighted by atomic mass is 16.4. The minimum atomic E-state index is -2.34. The van der Waals surface area contributed by atoms with E-state index >= 15 is 0 Å². The van der Waals surface area contributed by atoms with Gasteiger partial charge in [0.2, 0.25) is 0 Å². The summed E-state index contributed by atoms with van der Waals surface area (Å²) < 4.78 is 0. The maximum Gasteiger partial charge on any atom is 0.328 e. The smallest absolute Gasteiger partial charge is 0.328 e. The van der Waals surface area contributed by atoms with Crippen LogP contribution in [0.15, 0.2) is 0 Å². The van der Waals surface area contributed by atoms with Crippen molar-refractivity contribution in [3.8, 4) is 0 Å². The molecule has 0 unspecified atom stereocenters. The van der Waals surface area contributed by atoms with Gasteiger partial charge in [-0.2, -0.15) is 0 Å². The van der Waals surface area contributed by atoms with E-state index in [1.54, 1.807) is 0 Å². The molecule has 0 aliphatic carbocycles. The Morgan fingerprint density at radius 1 is 0.882 bits per heavy atom. The van der Waals surface area contributed by atoms with E-state index in [1.165, 1.54) is 0 Å². The highest BCUT2D eigenvalue weighted by Crippen LogP contribution is 2.15. The Kier molecular flexibility index (Phi) is 5.51. The Morgan fingerprint density at radius 3 is 1.41 bits per heavy atom. The number of aliphatic hydroxyl groups excluding tert-OH is 2. The lowest BCUT2D eigenvalue weighted by atomic mass is 9.99.